The molecule has 25 heavy (non-hydrogen) atoms. The number of benzene rings is 2. The molecule has 3 nitrogen and oxygen atoms in total. The molecular formula is C20H18FN3S. The number of nitrogens with zero attached hydrogens (tertiary/aromatic N) is 1. The highest BCUT2D eigenvalue weighted by atomic mass is 32.1. The van der Waals surface area contributed by atoms with E-state index in [9.17, 15) is 4.39 Å². The Morgan fingerprint density at radius 1 is 1.28 bits per heavy atom. The number of hydrogen-bond donors (Lipinski definition) is 2. The molecule has 1 saturated carbocycles. The van der Waals surface area contributed by atoms with Crippen molar-refractivity contribution >= 4 is 37.6 Å². The van der Waals surface area contributed by atoms with Crippen molar-refractivity contribution in [2.75, 3.05) is 11.9 Å². The third kappa shape index (κ3) is 2.59. The lowest BCUT2D eigenvalue weighted by atomic mass is 9.97. The first-order chi connectivity index (χ1) is 12.2. The molecule has 2 N–H and O–H groups in total. The fourth-order valence-corrected chi connectivity index (χ4v) is 4.28. The van der Waals surface area contributed by atoms with E-state index in [1.807, 2.05) is 6.20 Å². The molecule has 1 aliphatic carbocycles. The van der Waals surface area contributed by atoms with E-state index >= 15 is 0 Å². The van der Waals surface area contributed by atoms with Crippen LogP contribution in [0.3, 0.4) is 0 Å². The van der Waals surface area contributed by atoms with Gasteiger partial charge < -0.3 is 10.3 Å². The fourth-order valence-electron chi connectivity index (χ4n) is 3.42. The molecule has 0 spiro atoms. The topological polar surface area (TPSA) is 40.7 Å². The lowest BCUT2D eigenvalue weighted by molar-refractivity contribution is 0.450. The van der Waals surface area contributed by atoms with Crippen molar-refractivity contribution < 1.29 is 4.39 Å². The fraction of sp³-hybridized carbons (Fsp3) is 0.250. The number of halogens is 1. The first-order valence-corrected chi connectivity index (χ1v) is 9.36. The minimum absolute atomic E-state index is 0.163. The first kappa shape index (κ1) is 14.9. The summed E-state index contributed by atoms with van der Waals surface area (Å²) in [5, 5.41) is 5.39. The van der Waals surface area contributed by atoms with Crippen molar-refractivity contribution in [1.29, 1.82) is 0 Å². The van der Waals surface area contributed by atoms with Crippen LogP contribution in [0.1, 0.15) is 12.0 Å². The number of rotatable bonds is 4. The maximum absolute atomic E-state index is 13.0. The van der Waals surface area contributed by atoms with Gasteiger partial charge in [0.2, 0.25) is 0 Å². The molecule has 2 atom stereocenters. The third-order valence-corrected chi connectivity index (χ3v) is 5.96. The molecule has 1 fully saturated rings. The summed E-state index contributed by atoms with van der Waals surface area (Å²) < 4.78 is 14.2. The maximum Gasteiger partial charge on any atom is 0.183 e. The van der Waals surface area contributed by atoms with Crippen LogP contribution < -0.4 is 5.32 Å². The molecule has 5 rings (SSSR count). The average molecular weight is 351 g/mol. The van der Waals surface area contributed by atoms with Gasteiger partial charge in [0.1, 0.15) is 6.17 Å². The van der Waals surface area contributed by atoms with E-state index in [0.717, 1.165) is 20.9 Å². The number of thiazole rings is 1. The van der Waals surface area contributed by atoms with Crippen LogP contribution in [-0.4, -0.2) is 22.7 Å². The summed E-state index contributed by atoms with van der Waals surface area (Å²) in [4.78, 5) is 7.98. The van der Waals surface area contributed by atoms with E-state index in [1.165, 1.54) is 22.1 Å². The van der Waals surface area contributed by atoms with E-state index in [4.69, 9.17) is 4.98 Å². The second-order valence-corrected chi connectivity index (χ2v) is 7.82. The number of aryl methyl sites for hydroxylation is 1. The molecule has 2 aromatic heterocycles. The second kappa shape index (κ2) is 5.56. The summed E-state index contributed by atoms with van der Waals surface area (Å²) in [6, 6.07) is 12.8. The number of hydrogen-bond acceptors (Lipinski definition) is 3. The van der Waals surface area contributed by atoms with Gasteiger partial charge in [-0.1, -0.05) is 23.5 Å². The summed E-state index contributed by atoms with van der Waals surface area (Å²) in [6.45, 7) is 2.82. The van der Waals surface area contributed by atoms with Crippen LogP contribution in [0.2, 0.25) is 0 Å². The molecule has 4 aromatic rings. The number of anilines is 1. The van der Waals surface area contributed by atoms with E-state index in [0.29, 0.717) is 13.0 Å². The zero-order chi connectivity index (χ0) is 17.0. The molecule has 126 valence electrons. The van der Waals surface area contributed by atoms with Gasteiger partial charge in [0.15, 0.2) is 5.13 Å². The zero-order valence-electron chi connectivity index (χ0n) is 13.8. The summed E-state index contributed by atoms with van der Waals surface area (Å²) in [6.07, 6.45) is 2.04. The predicted octanol–water partition coefficient (Wildman–Crippen LogP) is 5.52. The minimum atomic E-state index is -0.627. The van der Waals surface area contributed by atoms with E-state index in [2.05, 4.69) is 53.6 Å². The second-order valence-electron chi connectivity index (χ2n) is 6.79. The SMILES string of the molecule is Cc1ccc2[nH]ccc2c1-c1ccc2sc(NCC3C[C@@H]3F)nc2c1. The number of alkyl halides is 1. The number of fused-ring (bicyclic) bond motifs is 2. The van der Waals surface area contributed by atoms with E-state index in [1.54, 1.807) is 11.3 Å². The van der Waals surface area contributed by atoms with Crippen LogP contribution in [0.25, 0.3) is 32.2 Å². The van der Waals surface area contributed by atoms with Gasteiger partial charge in [-0.25, -0.2) is 9.37 Å². The highest BCUT2D eigenvalue weighted by Crippen LogP contribution is 2.37. The van der Waals surface area contributed by atoms with E-state index in [-0.39, 0.29) is 5.92 Å². The molecule has 0 aliphatic heterocycles. The Balaban J connectivity index is 1.53. The number of nitrogens with one attached hydrogen (secondary N) is 2. The summed E-state index contributed by atoms with van der Waals surface area (Å²) >= 11 is 1.63. The van der Waals surface area contributed by atoms with Crippen LogP contribution in [-0.2, 0) is 0 Å². The number of H-pyrrole nitrogens is 1. The van der Waals surface area contributed by atoms with Crippen LogP contribution in [0.4, 0.5) is 9.52 Å². The van der Waals surface area contributed by atoms with Crippen molar-refractivity contribution in [1.82, 2.24) is 9.97 Å². The van der Waals surface area contributed by atoms with Gasteiger partial charge in [0.25, 0.3) is 0 Å². The van der Waals surface area contributed by atoms with Gasteiger partial charge in [0.05, 0.1) is 10.2 Å². The van der Waals surface area contributed by atoms with Crippen molar-refractivity contribution in [2.45, 2.75) is 19.5 Å². The van der Waals surface area contributed by atoms with E-state index < -0.39 is 6.17 Å². The van der Waals surface area contributed by atoms with Gasteiger partial charge in [-0.15, -0.1) is 0 Å². The molecule has 0 bridgehead atoms. The normalized spacial score (nSPS) is 19.6. The lowest BCUT2D eigenvalue weighted by Gasteiger charge is -2.08. The number of aromatic nitrogens is 2. The van der Waals surface area contributed by atoms with Gasteiger partial charge in [-0.05, 0) is 54.3 Å². The van der Waals surface area contributed by atoms with Crippen molar-refractivity contribution in [3.63, 3.8) is 0 Å². The molecule has 0 saturated heterocycles. The molecule has 2 heterocycles. The average Bonchev–Trinajstić information content (AvgIpc) is 3.01. The zero-order valence-corrected chi connectivity index (χ0v) is 14.7. The van der Waals surface area contributed by atoms with Gasteiger partial charge in [0, 0.05) is 29.6 Å². The van der Waals surface area contributed by atoms with Crippen LogP contribution in [0, 0.1) is 12.8 Å². The van der Waals surface area contributed by atoms with Crippen LogP contribution in [0.5, 0.6) is 0 Å². The van der Waals surface area contributed by atoms with Gasteiger partial charge in [-0.2, -0.15) is 0 Å². The van der Waals surface area contributed by atoms with Gasteiger partial charge in [-0.3, -0.25) is 0 Å². The molecule has 1 unspecified atom stereocenters. The van der Waals surface area contributed by atoms with Gasteiger partial charge >= 0.3 is 0 Å². The van der Waals surface area contributed by atoms with Crippen molar-refractivity contribution in [2.24, 2.45) is 5.92 Å². The maximum atomic E-state index is 13.0. The Morgan fingerprint density at radius 3 is 3.00 bits per heavy atom. The van der Waals surface area contributed by atoms with Crippen LogP contribution in [0.15, 0.2) is 42.6 Å². The lowest BCUT2D eigenvalue weighted by Crippen LogP contribution is -2.04. The van der Waals surface area contributed by atoms with Crippen LogP contribution >= 0.6 is 11.3 Å². The summed E-state index contributed by atoms with van der Waals surface area (Å²) in [7, 11) is 0. The monoisotopic (exact) mass is 351 g/mol. The molecule has 0 radical (unpaired) electrons. The molecule has 2 aromatic carbocycles. The Kier molecular flexibility index (Phi) is 3.31. The first-order valence-electron chi connectivity index (χ1n) is 8.54. The molecular weight excluding hydrogens is 333 g/mol. The summed E-state index contributed by atoms with van der Waals surface area (Å²) in [5.41, 5.74) is 5.82. The Morgan fingerprint density at radius 2 is 2.16 bits per heavy atom. The van der Waals surface area contributed by atoms with Crippen molar-refractivity contribution in [3.05, 3.63) is 48.2 Å². The standard InChI is InChI=1S/C20H18FN3S/c1-11-2-4-16-14(6-7-22-16)19(11)12-3-5-18-17(9-12)24-20(25-18)23-10-13-8-15(13)21/h2-7,9,13,15,22H,8,10H2,1H3,(H,23,24)/t13?,15-/m0/s1. The Bertz CT molecular complexity index is 1080. The minimum Gasteiger partial charge on any atom is -0.361 e. The smallest absolute Gasteiger partial charge is 0.183 e. The molecule has 0 amide bonds. The molecule has 5 heteroatoms. The third-order valence-electron chi connectivity index (χ3n) is 4.97. The Labute approximate surface area is 148 Å². The predicted molar refractivity (Wildman–Crippen MR) is 103 cm³/mol. The highest BCUT2D eigenvalue weighted by molar-refractivity contribution is 7.22. The number of aromatic amines is 1. The highest BCUT2D eigenvalue weighted by Gasteiger charge is 2.37. The molecule has 1 aliphatic rings. The Hall–Kier alpha value is -2.40. The quantitative estimate of drug-likeness (QED) is 0.508. The van der Waals surface area contributed by atoms with Crippen molar-refractivity contribution in [3.8, 4) is 11.1 Å². The largest absolute Gasteiger partial charge is 0.361 e. The summed E-state index contributed by atoms with van der Waals surface area (Å²) in [5.74, 6) is 0.163.